The van der Waals surface area contributed by atoms with E-state index in [-0.39, 0.29) is 18.7 Å². The fraction of sp³-hybridized carbons (Fsp3) is 0.385. The van der Waals surface area contributed by atoms with Crippen molar-refractivity contribution in [3.63, 3.8) is 0 Å². The van der Waals surface area contributed by atoms with Gasteiger partial charge < -0.3 is 5.73 Å². The lowest BCUT2D eigenvalue weighted by Crippen LogP contribution is -2.54. The van der Waals surface area contributed by atoms with Crippen molar-refractivity contribution >= 4 is 23.6 Å². The molecule has 0 bridgehead atoms. The number of carbonyl (C=O) groups is 4. The number of rotatable bonds is 1. The number of imide groups is 2. The maximum Gasteiger partial charge on any atom is 0.257 e. The Balaban J connectivity index is 1.90. The SMILES string of the molecule is NC1=CC=C2C(=O)N(C3CCC(=O)NC3=O)C(=O)C2C1. The highest BCUT2D eigenvalue weighted by atomic mass is 16.2. The third kappa shape index (κ3) is 1.74. The molecule has 2 atom stereocenters. The first-order valence-electron chi connectivity index (χ1n) is 6.36. The average Bonchev–Trinajstić information content (AvgIpc) is 2.63. The van der Waals surface area contributed by atoms with Crippen molar-refractivity contribution < 1.29 is 19.2 Å². The van der Waals surface area contributed by atoms with E-state index in [9.17, 15) is 19.2 Å². The molecule has 2 saturated heterocycles. The van der Waals surface area contributed by atoms with Crippen LogP contribution in [0.3, 0.4) is 0 Å². The highest BCUT2D eigenvalue weighted by molar-refractivity contribution is 6.18. The second kappa shape index (κ2) is 4.29. The normalized spacial score (nSPS) is 29.9. The van der Waals surface area contributed by atoms with Crippen molar-refractivity contribution in [3.05, 3.63) is 23.4 Å². The Bertz CT molecular complexity index is 605. The molecule has 1 aliphatic carbocycles. The molecular formula is C13H13N3O4. The third-order valence-electron chi connectivity index (χ3n) is 3.82. The Hall–Kier alpha value is -2.44. The standard InChI is InChI=1S/C13H13N3O4/c14-6-1-2-7-8(5-6)13(20)16(12(7)19)9-3-4-10(17)15-11(9)18/h1-2,8-9H,3-5,14H2,(H,15,17,18). The maximum atomic E-state index is 12.3. The first-order valence-corrected chi connectivity index (χ1v) is 6.36. The lowest BCUT2D eigenvalue weighted by atomic mass is 9.92. The monoisotopic (exact) mass is 275 g/mol. The summed E-state index contributed by atoms with van der Waals surface area (Å²) in [5.41, 5.74) is 6.58. The number of carbonyl (C=O) groups excluding carboxylic acids is 4. The smallest absolute Gasteiger partial charge is 0.257 e. The highest BCUT2D eigenvalue weighted by Gasteiger charge is 2.49. The predicted octanol–water partition coefficient (Wildman–Crippen LogP) is -1.05. The summed E-state index contributed by atoms with van der Waals surface area (Å²) in [5.74, 6) is -2.45. The van der Waals surface area contributed by atoms with Crippen LogP contribution in [0.15, 0.2) is 23.4 Å². The Kier molecular flexibility index (Phi) is 2.70. The fourth-order valence-electron chi connectivity index (χ4n) is 2.80. The number of nitrogens with zero attached hydrogens (tertiary/aromatic N) is 1. The number of allylic oxidation sites excluding steroid dienone is 3. The van der Waals surface area contributed by atoms with E-state index in [1.165, 1.54) is 6.08 Å². The number of fused-ring (bicyclic) bond motifs is 1. The highest BCUT2D eigenvalue weighted by Crippen LogP contribution is 2.35. The third-order valence-corrected chi connectivity index (χ3v) is 3.82. The fourth-order valence-corrected chi connectivity index (χ4v) is 2.80. The summed E-state index contributed by atoms with van der Waals surface area (Å²) in [5, 5.41) is 2.16. The molecule has 104 valence electrons. The molecule has 3 N–H and O–H groups in total. The Labute approximate surface area is 114 Å². The minimum Gasteiger partial charge on any atom is -0.402 e. The van der Waals surface area contributed by atoms with Crippen LogP contribution in [0, 0.1) is 5.92 Å². The van der Waals surface area contributed by atoms with Gasteiger partial charge in [0.05, 0.1) is 5.92 Å². The molecule has 3 aliphatic rings. The van der Waals surface area contributed by atoms with Gasteiger partial charge in [-0.1, -0.05) is 6.08 Å². The zero-order valence-corrected chi connectivity index (χ0v) is 10.6. The van der Waals surface area contributed by atoms with Crippen molar-refractivity contribution in [2.24, 2.45) is 11.7 Å². The molecule has 2 aliphatic heterocycles. The van der Waals surface area contributed by atoms with E-state index in [0.717, 1.165) is 4.90 Å². The Morgan fingerprint density at radius 1 is 1.20 bits per heavy atom. The summed E-state index contributed by atoms with van der Waals surface area (Å²) in [4.78, 5) is 48.6. The number of hydrogen-bond donors (Lipinski definition) is 2. The van der Waals surface area contributed by atoms with Gasteiger partial charge in [-0.3, -0.25) is 29.4 Å². The van der Waals surface area contributed by atoms with Gasteiger partial charge in [-0.25, -0.2) is 0 Å². The van der Waals surface area contributed by atoms with Gasteiger partial charge in [0.25, 0.3) is 5.91 Å². The van der Waals surface area contributed by atoms with E-state index < -0.39 is 29.7 Å². The van der Waals surface area contributed by atoms with Crippen LogP contribution in [0.25, 0.3) is 0 Å². The number of piperidine rings is 1. The van der Waals surface area contributed by atoms with Crippen molar-refractivity contribution in [3.8, 4) is 0 Å². The van der Waals surface area contributed by atoms with Crippen molar-refractivity contribution in [2.45, 2.75) is 25.3 Å². The summed E-state index contributed by atoms with van der Waals surface area (Å²) in [6, 6.07) is -0.902. The maximum absolute atomic E-state index is 12.3. The molecule has 20 heavy (non-hydrogen) atoms. The second-order valence-electron chi connectivity index (χ2n) is 5.10. The van der Waals surface area contributed by atoms with Crippen LogP contribution in [-0.2, 0) is 19.2 Å². The van der Waals surface area contributed by atoms with Gasteiger partial charge in [-0.05, 0) is 12.5 Å². The molecule has 7 heteroatoms. The molecule has 3 rings (SSSR count). The van der Waals surface area contributed by atoms with Crippen molar-refractivity contribution in [1.29, 1.82) is 0 Å². The largest absolute Gasteiger partial charge is 0.402 e. The van der Waals surface area contributed by atoms with Gasteiger partial charge in [-0.15, -0.1) is 0 Å². The van der Waals surface area contributed by atoms with Crippen LogP contribution in [0.5, 0.6) is 0 Å². The number of nitrogens with one attached hydrogen (secondary N) is 1. The van der Waals surface area contributed by atoms with Gasteiger partial charge in [0, 0.05) is 24.1 Å². The van der Waals surface area contributed by atoms with Crippen LogP contribution < -0.4 is 11.1 Å². The minimum atomic E-state index is -0.902. The lowest BCUT2D eigenvalue weighted by Gasteiger charge is -2.27. The summed E-state index contributed by atoms with van der Waals surface area (Å²) in [7, 11) is 0. The first kappa shape index (κ1) is 12.6. The minimum absolute atomic E-state index is 0.123. The molecule has 2 unspecified atom stereocenters. The lowest BCUT2D eigenvalue weighted by molar-refractivity contribution is -0.150. The number of nitrogens with two attached hydrogens (primary N) is 1. The van der Waals surface area contributed by atoms with E-state index in [1.54, 1.807) is 6.08 Å². The molecule has 7 nitrogen and oxygen atoms in total. The molecule has 0 spiro atoms. The molecule has 0 aromatic heterocycles. The summed E-state index contributed by atoms with van der Waals surface area (Å²) in [6.45, 7) is 0. The molecule has 0 aromatic rings. The second-order valence-corrected chi connectivity index (χ2v) is 5.10. The van der Waals surface area contributed by atoms with Crippen molar-refractivity contribution in [2.75, 3.05) is 0 Å². The first-order chi connectivity index (χ1) is 9.49. The quantitative estimate of drug-likeness (QED) is 0.593. The number of likely N-dealkylation sites (tertiary alicyclic amines) is 1. The predicted molar refractivity (Wildman–Crippen MR) is 66.5 cm³/mol. The van der Waals surface area contributed by atoms with Crippen LogP contribution >= 0.6 is 0 Å². The summed E-state index contributed by atoms with van der Waals surface area (Å²) in [6.07, 6.45) is 3.73. The molecule has 2 fully saturated rings. The molecule has 2 heterocycles. The Morgan fingerprint density at radius 3 is 2.65 bits per heavy atom. The van der Waals surface area contributed by atoms with E-state index >= 15 is 0 Å². The van der Waals surface area contributed by atoms with E-state index in [1.807, 2.05) is 0 Å². The van der Waals surface area contributed by atoms with Crippen LogP contribution in [0.1, 0.15) is 19.3 Å². The zero-order chi connectivity index (χ0) is 14.4. The van der Waals surface area contributed by atoms with Crippen LogP contribution in [-0.4, -0.2) is 34.6 Å². The van der Waals surface area contributed by atoms with Gasteiger partial charge in [-0.2, -0.15) is 0 Å². The Morgan fingerprint density at radius 2 is 1.95 bits per heavy atom. The molecular weight excluding hydrogens is 262 g/mol. The van der Waals surface area contributed by atoms with E-state index in [0.29, 0.717) is 17.7 Å². The van der Waals surface area contributed by atoms with Gasteiger partial charge in [0.2, 0.25) is 17.7 Å². The van der Waals surface area contributed by atoms with Gasteiger partial charge in [0.1, 0.15) is 6.04 Å². The topological polar surface area (TPSA) is 110 Å². The van der Waals surface area contributed by atoms with Crippen molar-refractivity contribution in [1.82, 2.24) is 10.2 Å². The molecule has 4 amide bonds. The summed E-state index contributed by atoms with van der Waals surface area (Å²) < 4.78 is 0. The number of hydrogen-bond acceptors (Lipinski definition) is 5. The molecule has 0 aromatic carbocycles. The van der Waals surface area contributed by atoms with Gasteiger partial charge in [0.15, 0.2) is 0 Å². The van der Waals surface area contributed by atoms with Crippen LogP contribution in [0.4, 0.5) is 0 Å². The average molecular weight is 275 g/mol. The number of amides is 4. The molecule has 0 radical (unpaired) electrons. The van der Waals surface area contributed by atoms with E-state index in [2.05, 4.69) is 5.32 Å². The molecule has 0 saturated carbocycles. The van der Waals surface area contributed by atoms with E-state index in [4.69, 9.17) is 5.73 Å². The summed E-state index contributed by atoms with van der Waals surface area (Å²) >= 11 is 0. The van der Waals surface area contributed by atoms with Gasteiger partial charge >= 0.3 is 0 Å². The zero-order valence-electron chi connectivity index (χ0n) is 10.6. The van der Waals surface area contributed by atoms with Crippen LogP contribution in [0.2, 0.25) is 0 Å².